The number of carbonyl (C=O) groups is 6. The molecule has 0 amide bonds. The zero-order valence-electron chi connectivity index (χ0n) is 47.1. The number of hydrogen-bond acceptors (Lipinski definition) is 18. The molecule has 0 aliphatic carbocycles. The normalized spacial score (nSPS) is 23.8. The number of methoxy groups -OCH3 is 1. The number of allylic oxidation sites excluding steroid dienone is 1. The second kappa shape index (κ2) is 33.4. The molecular weight excluding hydrogens is 992 g/mol. The van der Waals surface area contributed by atoms with Gasteiger partial charge in [0.05, 0.1) is 35.2 Å². The SMILES string of the molecule is CCC(=O)OC(C/C=C(\C)C(=O)OC)C(C)C(OC(C)=O)C(CC(C)C(C[C@H]1C[C@@H](C)C[C@@]2(C[C@@H](C)C[C@H](C(O)/C(C)=C/CCC(C)CC(=O)OCCS(=O)(=O)[O-])O2)O1)OC(=O)CC(C)C)OC(=O)CC(C)C.[Na+]. The Bertz CT molecular complexity index is 1970. The molecule has 0 aromatic heterocycles. The Kier molecular flexibility index (Phi) is 31.2. The monoisotopic (exact) mass is 1080 g/mol. The summed E-state index contributed by atoms with van der Waals surface area (Å²) in [5.74, 6) is -6.39. The fourth-order valence-corrected chi connectivity index (χ4v) is 10.00. The number of aliphatic hydroxyl groups excluding tert-OH is 1. The van der Waals surface area contributed by atoms with Crippen LogP contribution in [0.5, 0.6) is 0 Å². The van der Waals surface area contributed by atoms with Crippen molar-refractivity contribution in [2.24, 2.45) is 41.4 Å². The average Bonchev–Trinajstić information content (AvgIpc) is 3.26. The van der Waals surface area contributed by atoms with Crippen LogP contribution in [0.15, 0.2) is 23.3 Å². The maximum atomic E-state index is 13.6. The molecule has 2 aliphatic heterocycles. The number of rotatable bonds is 30. The van der Waals surface area contributed by atoms with Gasteiger partial charge in [-0.05, 0) is 87.0 Å². The number of carbonyl (C=O) groups excluding carboxylic acids is 6. The van der Waals surface area contributed by atoms with Crippen LogP contribution in [0.2, 0.25) is 0 Å². The van der Waals surface area contributed by atoms with Gasteiger partial charge in [-0.1, -0.05) is 81.4 Å². The Hall–Kier alpha value is -2.91. The molecular formula is C54H89NaO18S. The van der Waals surface area contributed by atoms with Crippen LogP contribution in [0.25, 0.3) is 0 Å². The molecule has 420 valence electrons. The van der Waals surface area contributed by atoms with Gasteiger partial charge in [0.25, 0.3) is 0 Å². The molecule has 8 unspecified atom stereocenters. The quantitative estimate of drug-likeness (QED) is 0.0241. The van der Waals surface area contributed by atoms with Crippen LogP contribution in [0.1, 0.15) is 173 Å². The first-order chi connectivity index (χ1) is 34.0. The largest absolute Gasteiger partial charge is 1.00 e. The molecule has 0 aromatic carbocycles. The third-order valence-corrected chi connectivity index (χ3v) is 14.0. The molecule has 1 N–H and O–H groups in total. The zero-order chi connectivity index (χ0) is 55.4. The van der Waals surface area contributed by atoms with Crippen molar-refractivity contribution in [3.8, 4) is 0 Å². The zero-order valence-corrected chi connectivity index (χ0v) is 50.0. The molecule has 0 aromatic rings. The van der Waals surface area contributed by atoms with Gasteiger partial charge in [-0.25, -0.2) is 13.2 Å². The topological polar surface area (TPSA) is 254 Å². The Morgan fingerprint density at radius 2 is 1.34 bits per heavy atom. The summed E-state index contributed by atoms with van der Waals surface area (Å²) < 4.78 is 80.5. The molecule has 0 bridgehead atoms. The maximum absolute atomic E-state index is 13.6. The first-order valence-electron chi connectivity index (χ1n) is 26.3. The number of aliphatic hydroxyl groups is 1. The van der Waals surface area contributed by atoms with E-state index in [1.54, 1.807) is 26.8 Å². The predicted molar refractivity (Wildman–Crippen MR) is 270 cm³/mol. The molecule has 0 saturated carbocycles. The fourth-order valence-electron chi connectivity index (χ4n) is 9.71. The molecule has 13 atom stereocenters. The van der Waals surface area contributed by atoms with E-state index < -0.39 is 119 Å². The van der Waals surface area contributed by atoms with Crippen molar-refractivity contribution < 1.29 is 114 Å². The minimum Gasteiger partial charge on any atom is -0.748 e. The van der Waals surface area contributed by atoms with Crippen LogP contribution >= 0.6 is 0 Å². The van der Waals surface area contributed by atoms with Crippen LogP contribution in [0.3, 0.4) is 0 Å². The second-order valence-electron chi connectivity index (χ2n) is 21.8. The van der Waals surface area contributed by atoms with E-state index in [9.17, 15) is 46.8 Å². The Labute approximate surface area is 463 Å². The first kappa shape index (κ1) is 69.1. The van der Waals surface area contributed by atoms with E-state index in [4.69, 9.17) is 37.9 Å². The van der Waals surface area contributed by atoms with Crippen molar-refractivity contribution in [3.63, 3.8) is 0 Å². The van der Waals surface area contributed by atoms with Crippen molar-refractivity contribution in [1.29, 1.82) is 0 Å². The van der Waals surface area contributed by atoms with Crippen LogP contribution in [0, 0.1) is 41.4 Å². The van der Waals surface area contributed by atoms with E-state index in [1.165, 1.54) is 14.0 Å². The van der Waals surface area contributed by atoms with E-state index >= 15 is 0 Å². The molecule has 2 rings (SSSR count). The Morgan fingerprint density at radius 1 is 0.770 bits per heavy atom. The van der Waals surface area contributed by atoms with E-state index in [0.717, 1.165) is 0 Å². The number of hydrogen-bond donors (Lipinski definition) is 1. The molecule has 20 heteroatoms. The minimum atomic E-state index is -4.49. The van der Waals surface area contributed by atoms with Crippen molar-refractivity contribution in [1.82, 2.24) is 0 Å². The molecule has 0 radical (unpaired) electrons. The van der Waals surface area contributed by atoms with E-state index in [-0.39, 0.29) is 110 Å². The molecule has 18 nitrogen and oxygen atoms in total. The average molecular weight is 1080 g/mol. The van der Waals surface area contributed by atoms with Gasteiger partial charge in [0.2, 0.25) is 0 Å². The van der Waals surface area contributed by atoms with Gasteiger partial charge in [0.1, 0.15) is 37.1 Å². The molecule has 1 spiro atoms. The van der Waals surface area contributed by atoms with Gasteiger partial charge >= 0.3 is 65.4 Å². The third kappa shape index (κ3) is 26.0. The summed E-state index contributed by atoms with van der Waals surface area (Å²) in [5.41, 5.74) is 0.976. The van der Waals surface area contributed by atoms with Crippen molar-refractivity contribution in [2.75, 3.05) is 19.5 Å². The van der Waals surface area contributed by atoms with Gasteiger partial charge in [-0.15, -0.1) is 0 Å². The van der Waals surface area contributed by atoms with E-state index in [1.807, 2.05) is 54.5 Å². The second-order valence-corrected chi connectivity index (χ2v) is 23.3. The summed E-state index contributed by atoms with van der Waals surface area (Å²) in [5, 5.41) is 11.7. The Morgan fingerprint density at radius 3 is 1.88 bits per heavy atom. The summed E-state index contributed by atoms with van der Waals surface area (Å²) in [6.45, 7) is 23.0. The molecule has 2 aliphatic rings. The standard InChI is InChI=1S/C54H90O18S.Na/c1-15-47(56)68-43(20-19-38(10)53(61)65-14)40(12)52(67-41(13)55)46(70-50(59)24-33(4)5)28-39(11)44(69-49(58)23-32(2)3)29-42-25-35(7)30-54(71-42)31-36(8)26-45(72-54)51(60)37(9)18-16-17-34(6)27-48(57)66-21-22-73(62,63)64;/h18-19,32-36,39-40,42-46,51-52,60H,15-17,20-31H2,1-14H3,(H,62,63,64);/q;+1/p-1/b37-18+,38-19+;/t34?,35-,36+,39?,40?,42-,43?,44?,45-,46?,51?,52?,54-;/m1./s1. The van der Waals surface area contributed by atoms with Gasteiger partial charge in [-0.3, -0.25) is 24.0 Å². The maximum Gasteiger partial charge on any atom is 1.00 e. The van der Waals surface area contributed by atoms with Crippen LogP contribution in [-0.2, 0) is 76.8 Å². The Balaban J connectivity index is 0.0000274. The van der Waals surface area contributed by atoms with Crippen LogP contribution < -0.4 is 29.6 Å². The van der Waals surface area contributed by atoms with Gasteiger partial charge in [0, 0.05) is 69.8 Å². The molecule has 2 saturated heterocycles. The third-order valence-electron chi connectivity index (χ3n) is 13.4. The van der Waals surface area contributed by atoms with E-state index in [0.29, 0.717) is 44.1 Å². The van der Waals surface area contributed by atoms with Crippen molar-refractivity contribution in [3.05, 3.63) is 23.3 Å². The van der Waals surface area contributed by atoms with Crippen LogP contribution in [-0.4, -0.2) is 122 Å². The van der Waals surface area contributed by atoms with Gasteiger partial charge in [-0.2, -0.15) is 0 Å². The molecule has 2 heterocycles. The summed E-state index contributed by atoms with van der Waals surface area (Å²) in [7, 11) is -3.23. The summed E-state index contributed by atoms with van der Waals surface area (Å²) in [6.07, 6.45) is 1.66. The minimum absolute atomic E-state index is 0. The number of ether oxygens (including phenoxy) is 8. The first-order valence-corrected chi connectivity index (χ1v) is 27.8. The van der Waals surface area contributed by atoms with Crippen molar-refractivity contribution >= 4 is 45.9 Å². The molecule has 2 fully saturated rings. The van der Waals surface area contributed by atoms with E-state index in [2.05, 4.69) is 13.8 Å². The van der Waals surface area contributed by atoms with Crippen LogP contribution in [0.4, 0.5) is 0 Å². The predicted octanol–water partition coefficient (Wildman–Crippen LogP) is 5.25. The number of esters is 6. The van der Waals surface area contributed by atoms with Gasteiger partial charge in [0.15, 0.2) is 5.79 Å². The smallest absolute Gasteiger partial charge is 0.748 e. The summed E-state index contributed by atoms with van der Waals surface area (Å²) >= 11 is 0. The molecule has 74 heavy (non-hydrogen) atoms. The fraction of sp³-hybridized carbons (Fsp3) is 0.815. The van der Waals surface area contributed by atoms with Crippen molar-refractivity contribution in [2.45, 2.75) is 222 Å². The summed E-state index contributed by atoms with van der Waals surface area (Å²) in [4.78, 5) is 77.4. The van der Waals surface area contributed by atoms with Gasteiger partial charge < -0.3 is 47.6 Å². The summed E-state index contributed by atoms with van der Waals surface area (Å²) in [6, 6.07) is 0.